The van der Waals surface area contributed by atoms with Crippen LogP contribution in [0.15, 0.2) is 59.5 Å². The van der Waals surface area contributed by atoms with Gasteiger partial charge >= 0.3 is 0 Å². The molecule has 0 radical (unpaired) electrons. The molecular formula is C14H15NOS. The highest BCUT2D eigenvalue weighted by atomic mass is 32.2. The summed E-state index contributed by atoms with van der Waals surface area (Å²) in [5.74, 6) is 0.609. The van der Waals surface area contributed by atoms with Gasteiger partial charge in [0.15, 0.2) is 0 Å². The van der Waals surface area contributed by atoms with Gasteiger partial charge in [0.2, 0.25) is 0 Å². The lowest BCUT2D eigenvalue weighted by Gasteiger charge is -2.05. The van der Waals surface area contributed by atoms with E-state index in [-0.39, 0.29) is 0 Å². The maximum atomic E-state index is 12.1. The van der Waals surface area contributed by atoms with E-state index in [4.69, 9.17) is 5.73 Å². The van der Waals surface area contributed by atoms with Gasteiger partial charge in [-0.25, -0.2) is 0 Å². The summed E-state index contributed by atoms with van der Waals surface area (Å²) < 4.78 is 12.1. The van der Waals surface area contributed by atoms with E-state index >= 15 is 0 Å². The number of nitrogen functional groups attached to an aromatic ring is 1. The van der Waals surface area contributed by atoms with Crippen LogP contribution in [0.1, 0.15) is 5.56 Å². The summed E-state index contributed by atoms with van der Waals surface area (Å²) in [6.45, 7) is 0. The normalized spacial score (nSPS) is 12.2. The molecule has 3 heteroatoms. The molecule has 0 saturated heterocycles. The molecule has 2 aromatic carbocycles. The third-order valence-corrected chi connectivity index (χ3v) is 4.02. The summed E-state index contributed by atoms with van der Waals surface area (Å²) >= 11 is 0. The first kappa shape index (κ1) is 11.9. The van der Waals surface area contributed by atoms with Crippen molar-refractivity contribution in [3.8, 4) is 0 Å². The van der Waals surface area contributed by atoms with Gasteiger partial charge in [-0.1, -0.05) is 42.5 Å². The number of para-hydroxylation sites is 1. The van der Waals surface area contributed by atoms with E-state index in [1.165, 1.54) is 5.56 Å². The summed E-state index contributed by atoms with van der Waals surface area (Å²) in [4.78, 5) is 0.739. The molecule has 0 aromatic heterocycles. The molecule has 0 aliphatic carbocycles. The Balaban J connectivity index is 2.01. The highest BCUT2D eigenvalue weighted by Crippen LogP contribution is 2.16. The van der Waals surface area contributed by atoms with Crippen molar-refractivity contribution in [1.29, 1.82) is 0 Å². The molecule has 0 saturated carbocycles. The molecule has 0 fully saturated rings. The van der Waals surface area contributed by atoms with E-state index < -0.39 is 10.8 Å². The van der Waals surface area contributed by atoms with E-state index in [1.54, 1.807) is 6.07 Å². The minimum absolute atomic E-state index is 0.609. The topological polar surface area (TPSA) is 43.1 Å². The van der Waals surface area contributed by atoms with Gasteiger partial charge in [0.1, 0.15) is 0 Å². The van der Waals surface area contributed by atoms with Crippen LogP contribution in [0, 0.1) is 0 Å². The van der Waals surface area contributed by atoms with Crippen LogP contribution < -0.4 is 5.73 Å². The Morgan fingerprint density at radius 2 is 1.59 bits per heavy atom. The Hall–Kier alpha value is -1.61. The van der Waals surface area contributed by atoms with Gasteiger partial charge < -0.3 is 5.73 Å². The van der Waals surface area contributed by atoms with Crippen molar-refractivity contribution in [1.82, 2.24) is 0 Å². The lowest BCUT2D eigenvalue weighted by molar-refractivity contribution is 0.682. The minimum atomic E-state index is -1.02. The Morgan fingerprint density at radius 3 is 2.29 bits per heavy atom. The standard InChI is InChI=1S/C14H15NOS/c15-13-8-4-5-9-14(13)17(16)11-10-12-6-2-1-3-7-12/h1-9H,10-11,15H2. The smallest absolute Gasteiger partial charge is 0.0617 e. The van der Waals surface area contributed by atoms with E-state index in [0.29, 0.717) is 11.4 Å². The fourth-order valence-corrected chi connectivity index (χ4v) is 2.86. The predicted molar refractivity (Wildman–Crippen MR) is 72.3 cm³/mol. The summed E-state index contributed by atoms with van der Waals surface area (Å²) in [6.07, 6.45) is 0.807. The Labute approximate surface area is 104 Å². The van der Waals surface area contributed by atoms with Crippen molar-refractivity contribution in [3.63, 3.8) is 0 Å². The maximum Gasteiger partial charge on any atom is 0.0617 e. The molecule has 0 spiro atoms. The molecule has 17 heavy (non-hydrogen) atoms. The minimum Gasteiger partial charge on any atom is -0.398 e. The van der Waals surface area contributed by atoms with Crippen molar-refractivity contribution in [2.45, 2.75) is 11.3 Å². The molecule has 0 amide bonds. The molecule has 2 rings (SSSR count). The third kappa shape index (κ3) is 3.17. The van der Waals surface area contributed by atoms with Crippen LogP contribution in [0.5, 0.6) is 0 Å². The number of anilines is 1. The lowest BCUT2D eigenvalue weighted by atomic mass is 10.2. The van der Waals surface area contributed by atoms with Gasteiger partial charge in [0, 0.05) is 11.4 Å². The van der Waals surface area contributed by atoms with Gasteiger partial charge in [0.05, 0.1) is 15.7 Å². The number of nitrogens with two attached hydrogens (primary N) is 1. The zero-order valence-corrected chi connectivity index (χ0v) is 10.3. The van der Waals surface area contributed by atoms with Crippen LogP contribution >= 0.6 is 0 Å². The van der Waals surface area contributed by atoms with Crippen LogP contribution in [-0.4, -0.2) is 9.96 Å². The second-order valence-electron chi connectivity index (χ2n) is 3.82. The van der Waals surface area contributed by atoms with E-state index in [2.05, 4.69) is 0 Å². The zero-order valence-electron chi connectivity index (χ0n) is 9.50. The second-order valence-corrected chi connectivity index (χ2v) is 5.36. The predicted octanol–water partition coefficient (Wildman–Crippen LogP) is 2.62. The molecular weight excluding hydrogens is 230 g/mol. The van der Waals surface area contributed by atoms with Crippen molar-refractivity contribution in [2.75, 3.05) is 11.5 Å². The van der Waals surface area contributed by atoms with Crippen molar-refractivity contribution in [2.24, 2.45) is 0 Å². The Morgan fingerprint density at radius 1 is 0.941 bits per heavy atom. The van der Waals surface area contributed by atoms with Gasteiger partial charge in [-0.05, 0) is 24.1 Å². The van der Waals surface area contributed by atoms with E-state index in [0.717, 1.165) is 11.3 Å². The van der Waals surface area contributed by atoms with Gasteiger partial charge in [0.25, 0.3) is 0 Å². The molecule has 1 unspecified atom stereocenters. The van der Waals surface area contributed by atoms with Gasteiger partial charge in [-0.3, -0.25) is 4.21 Å². The van der Waals surface area contributed by atoms with Gasteiger partial charge in [-0.2, -0.15) is 0 Å². The second kappa shape index (κ2) is 5.64. The molecule has 2 aromatic rings. The first-order chi connectivity index (χ1) is 8.27. The van der Waals surface area contributed by atoms with Crippen LogP contribution in [0.4, 0.5) is 5.69 Å². The summed E-state index contributed by atoms with van der Waals surface area (Å²) in [5.41, 5.74) is 7.61. The van der Waals surface area contributed by atoms with Crippen LogP contribution in [0.3, 0.4) is 0 Å². The molecule has 0 heterocycles. The fourth-order valence-electron chi connectivity index (χ4n) is 1.65. The summed E-state index contributed by atoms with van der Waals surface area (Å²) in [6, 6.07) is 17.4. The maximum absolute atomic E-state index is 12.1. The number of aryl methyl sites for hydroxylation is 1. The summed E-state index contributed by atoms with van der Waals surface area (Å²) in [5, 5.41) is 0. The fraction of sp³-hybridized carbons (Fsp3) is 0.143. The number of benzene rings is 2. The van der Waals surface area contributed by atoms with Crippen LogP contribution in [0.25, 0.3) is 0 Å². The average molecular weight is 245 g/mol. The molecule has 0 bridgehead atoms. The first-order valence-electron chi connectivity index (χ1n) is 5.54. The average Bonchev–Trinajstić information content (AvgIpc) is 2.38. The quantitative estimate of drug-likeness (QED) is 0.841. The van der Waals surface area contributed by atoms with E-state index in [9.17, 15) is 4.21 Å². The number of hydrogen-bond acceptors (Lipinski definition) is 2. The molecule has 1 atom stereocenters. The Bertz CT molecular complexity index is 511. The largest absolute Gasteiger partial charge is 0.398 e. The van der Waals surface area contributed by atoms with Crippen LogP contribution in [0.2, 0.25) is 0 Å². The molecule has 0 aliphatic heterocycles. The zero-order chi connectivity index (χ0) is 12.1. The lowest BCUT2D eigenvalue weighted by Crippen LogP contribution is -2.04. The van der Waals surface area contributed by atoms with Crippen LogP contribution in [-0.2, 0) is 17.2 Å². The monoisotopic (exact) mass is 245 g/mol. The first-order valence-corrected chi connectivity index (χ1v) is 6.86. The van der Waals surface area contributed by atoms with Crippen molar-refractivity contribution < 1.29 is 4.21 Å². The SMILES string of the molecule is Nc1ccccc1S(=O)CCc1ccccc1. The molecule has 2 nitrogen and oxygen atoms in total. The van der Waals surface area contributed by atoms with Gasteiger partial charge in [-0.15, -0.1) is 0 Å². The highest BCUT2D eigenvalue weighted by molar-refractivity contribution is 7.85. The summed E-state index contributed by atoms with van der Waals surface area (Å²) in [7, 11) is -1.02. The highest BCUT2D eigenvalue weighted by Gasteiger charge is 2.06. The number of rotatable bonds is 4. The third-order valence-electron chi connectivity index (χ3n) is 2.58. The Kier molecular flexibility index (Phi) is 3.94. The van der Waals surface area contributed by atoms with E-state index in [1.807, 2.05) is 48.5 Å². The number of hydrogen-bond donors (Lipinski definition) is 1. The molecule has 2 N–H and O–H groups in total. The molecule has 0 aliphatic rings. The molecule has 88 valence electrons. The van der Waals surface area contributed by atoms with Crippen molar-refractivity contribution in [3.05, 3.63) is 60.2 Å². The van der Waals surface area contributed by atoms with Crippen molar-refractivity contribution >= 4 is 16.5 Å².